The molecular weight excluding hydrogens is 202 g/mol. The van der Waals surface area contributed by atoms with Crippen LogP contribution in [-0.2, 0) is 19.1 Å². The Morgan fingerprint density at radius 3 is 2.87 bits per heavy atom. The highest BCUT2D eigenvalue weighted by atomic mass is 16.7. The summed E-state index contributed by atoms with van der Waals surface area (Å²) in [6, 6.07) is 0. The van der Waals surface area contributed by atoms with Crippen LogP contribution in [0.1, 0.15) is 0 Å². The molecule has 6 heteroatoms. The number of morpholine rings is 1. The average Bonchev–Trinajstić information content (AvgIpc) is 2.15. The number of hydrogen-bond donors (Lipinski definition) is 1. The molecule has 0 aromatic rings. The van der Waals surface area contributed by atoms with E-state index < -0.39 is 18.2 Å². The Bertz CT molecular complexity index is 276. The fourth-order valence-corrected chi connectivity index (χ4v) is 1.12. The molecule has 6 nitrogen and oxygen atoms in total. The number of likely N-dealkylation sites (N-methyl/N-ethyl adjacent to an activating group) is 1. The summed E-state index contributed by atoms with van der Waals surface area (Å²) in [6.45, 7) is 1.78. The fraction of sp³-hybridized carbons (Fsp3) is 0.556. The zero-order valence-electron chi connectivity index (χ0n) is 8.38. The van der Waals surface area contributed by atoms with Gasteiger partial charge in [-0.05, 0) is 7.05 Å². The molecule has 1 saturated heterocycles. The number of aliphatic carboxylic acids is 1. The molecule has 1 aliphatic rings. The van der Waals surface area contributed by atoms with E-state index in [0.29, 0.717) is 13.2 Å². The van der Waals surface area contributed by atoms with Crippen molar-refractivity contribution in [2.24, 2.45) is 0 Å². The fourth-order valence-electron chi connectivity index (χ4n) is 1.12. The van der Waals surface area contributed by atoms with Crippen LogP contribution in [0.15, 0.2) is 12.2 Å². The van der Waals surface area contributed by atoms with E-state index in [1.54, 1.807) is 0 Å². The van der Waals surface area contributed by atoms with Gasteiger partial charge in [0.15, 0.2) is 0 Å². The lowest BCUT2D eigenvalue weighted by atomic mass is 10.4. The second-order valence-corrected chi connectivity index (χ2v) is 3.17. The number of esters is 1. The van der Waals surface area contributed by atoms with Crippen molar-refractivity contribution in [3.05, 3.63) is 12.2 Å². The maximum atomic E-state index is 11.1. The summed E-state index contributed by atoms with van der Waals surface area (Å²) in [6.07, 6.45) is 0.976. The van der Waals surface area contributed by atoms with Gasteiger partial charge in [-0.1, -0.05) is 0 Å². The topological polar surface area (TPSA) is 76.1 Å². The third kappa shape index (κ3) is 4.57. The molecule has 0 aliphatic carbocycles. The lowest BCUT2D eigenvalue weighted by Gasteiger charge is -2.28. The maximum Gasteiger partial charge on any atom is 0.333 e. The molecule has 15 heavy (non-hydrogen) atoms. The van der Waals surface area contributed by atoms with Crippen LogP contribution >= 0.6 is 0 Å². The molecule has 1 rings (SSSR count). The molecule has 0 amide bonds. The van der Waals surface area contributed by atoms with Crippen molar-refractivity contribution in [1.82, 2.24) is 4.90 Å². The molecule has 1 unspecified atom stereocenters. The zero-order chi connectivity index (χ0) is 11.3. The van der Waals surface area contributed by atoms with Crippen LogP contribution < -0.4 is 0 Å². The van der Waals surface area contributed by atoms with Gasteiger partial charge in [0.2, 0.25) is 6.29 Å². The number of hydrogen-bond acceptors (Lipinski definition) is 5. The number of nitrogens with zero attached hydrogens (tertiary/aromatic N) is 1. The van der Waals surface area contributed by atoms with Crippen LogP contribution in [0.25, 0.3) is 0 Å². The largest absolute Gasteiger partial charge is 0.478 e. The van der Waals surface area contributed by atoms with E-state index in [4.69, 9.17) is 14.6 Å². The number of carboxylic acids is 1. The zero-order valence-corrected chi connectivity index (χ0v) is 8.38. The normalized spacial score (nSPS) is 22.9. The summed E-state index contributed by atoms with van der Waals surface area (Å²) in [4.78, 5) is 23.1. The Kier molecular flexibility index (Phi) is 4.26. The summed E-state index contributed by atoms with van der Waals surface area (Å²) in [5, 5.41) is 8.28. The van der Waals surface area contributed by atoms with Crippen molar-refractivity contribution in [3.8, 4) is 0 Å². The summed E-state index contributed by atoms with van der Waals surface area (Å²) in [7, 11) is 1.89. The van der Waals surface area contributed by atoms with Crippen LogP contribution in [-0.4, -0.2) is 55.0 Å². The molecule has 1 atom stereocenters. The second kappa shape index (κ2) is 5.47. The molecule has 84 valence electrons. The standard InChI is InChI=1S/C9H13NO5/c1-10-4-5-14-9(6-10)15-8(13)3-2-7(11)12/h2-3,9H,4-6H2,1H3,(H,11,12)/b3-2+. The highest BCUT2D eigenvalue weighted by Crippen LogP contribution is 2.04. The Balaban J connectivity index is 2.34. The van der Waals surface area contributed by atoms with Crippen LogP contribution in [0.4, 0.5) is 0 Å². The molecule has 1 N–H and O–H groups in total. The first-order chi connectivity index (χ1) is 7.08. The van der Waals surface area contributed by atoms with E-state index in [9.17, 15) is 9.59 Å². The van der Waals surface area contributed by atoms with Gasteiger partial charge in [0, 0.05) is 18.7 Å². The van der Waals surface area contributed by atoms with Crippen LogP contribution in [0, 0.1) is 0 Å². The van der Waals surface area contributed by atoms with E-state index in [1.807, 2.05) is 11.9 Å². The number of carboxylic acid groups (broad SMARTS) is 1. The monoisotopic (exact) mass is 215 g/mol. The van der Waals surface area contributed by atoms with Gasteiger partial charge >= 0.3 is 11.9 Å². The molecule has 1 heterocycles. The molecular formula is C9H13NO5. The molecule has 0 aromatic heterocycles. The van der Waals surface area contributed by atoms with Gasteiger partial charge in [0.25, 0.3) is 0 Å². The van der Waals surface area contributed by atoms with E-state index >= 15 is 0 Å². The van der Waals surface area contributed by atoms with Gasteiger partial charge in [0.1, 0.15) is 0 Å². The number of carbonyl (C=O) groups excluding carboxylic acids is 1. The first-order valence-corrected chi connectivity index (χ1v) is 4.49. The summed E-state index contributed by atoms with van der Waals surface area (Å²) < 4.78 is 10.0. The van der Waals surface area contributed by atoms with Crippen molar-refractivity contribution >= 4 is 11.9 Å². The van der Waals surface area contributed by atoms with Gasteiger partial charge in [-0.25, -0.2) is 9.59 Å². The first-order valence-electron chi connectivity index (χ1n) is 4.49. The minimum atomic E-state index is -1.19. The van der Waals surface area contributed by atoms with Crippen molar-refractivity contribution in [1.29, 1.82) is 0 Å². The van der Waals surface area contributed by atoms with E-state index in [1.165, 1.54) is 0 Å². The Morgan fingerprint density at radius 1 is 1.53 bits per heavy atom. The highest BCUT2D eigenvalue weighted by molar-refractivity contribution is 5.90. The van der Waals surface area contributed by atoms with Gasteiger partial charge in [-0.15, -0.1) is 0 Å². The smallest absolute Gasteiger partial charge is 0.333 e. The van der Waals surface area contributed by atoms with E-state index in [0.717, 1.165) is 18.7 Å². The molecule has 0 radical (unpaired) electrons. The summed E-state index contributed by atoms with van der Waals surface area (Å²) in [5.41, 5.74) is 0. The van der Waals surface area contributed by atoms with Crippen LogP contribution in [0.5, 0.6) is 0 Å². The lowest BCUT2D eigenvalue weighted by molar-refractivity contribution is -0.187. The quantitative estimate of drug-likeness (QED) is 0.503. The molecule has 0 bridgehead atoms. The molecule has 1 aliphatic heterocycles. The second-order valence-electron chi connectivity index (χ2n) is 3.17. The Labute approximate surface area is 87.1 Å². The summed E-state index contributed by atoms with van der Waals surface area (Å²) in [5.74, 6) is -1.90. The number of carbonyl (C=O) groups is 2. The summed E-state index contributed by atoms with van der Waals surface area (Å²) >= 11 is 0. The average molecular weight is 215 g/mol. The molecule has 0 aromatic carbocycles. The lowest BCUT2D eigenvalue weighted by Crippen LogP contribution is -2.42. The first kappa shape index (κ1) is 11.7. The van der Waals surface area contributed by atoms with Crippen molar-refractivity contribution in [2.75, 3.05) is 26.7 Å². The molecule has 0 spiro atoms. The van der Waals surface area contributed by atoms with Gasteiger partial charge < -0.3 is 14.6 Å². The van der Waals surface area contributed by atoms with E-state index in [2.05, 4.69) is 0 Å². The number of ether oxygens (including phenoxy) is 2. The van der Waals surface area contributed by atoms with Gasteiger partial charge in [0.05, 0.1) is 13.2 Å². The van der Waals surface area contributed by atoms with Crippen LogP contribution in [0.3, 0.4) is 0 Å². The van der Waals surface area contributed by atoms with Crippen molar-refractivity contribution in [2.45, 2.75) is 6.29 Å². The SMILES string of the molecule is CN1CCOC(OC(=O)/C=C/C(=O)O)C1. The predicted molar refractivity (Wildman–Crippen MR) is 50.1 cm³/mol. The maximum absolute atomic E-state index is 11.1. The van der Waals surface area contributed by atoms with Crippen LogP contribution in [0.2, 0.25) is 0 Å². The minimum Gasteiger partial charge on any atom is -0.478 e. The Morgan fingerprint density at radius 2 is 2.27 bits per heavy atom. The van der Waals surface area contributed by atoms with Crippen molar-refractivity contribution < 1.29 is 24.2 Å². The third-order valence-corrected chi connectivity index (χ3v) is 1.85. The Hall–Kier alpha value is -1.40. The third-order valence-electron chi connectivity index (χ3n) is 1.85. The molecule has 1 fully saturated rings. The highest BCUT2D eigenvalue weighted by Gasteiger charge is 2.20. The van der Waals surface area contributed by atoms with Crippen molar-refractivity contribution in [3.63, 3.8) is 0 Å². The number of rotatable bonds is 3. The minimum absolute atomic E-state index is 0.493. The van der Waals surface area contributed by atoms with Gasteiger partial charge in [-0.3, -0.25) is 4.90 Å². The van der Waals surface area contributed by atoms with Gasteiger partial charge in [-0.2, -0.15) is 0 Å². The predicted octanol–water partition coefficient (Wildman–Crippen LogP) is -0.541. The van der Waals surface area contributed by atoms with E-state index in [-0.39, 0.29) is 0 Å². The molecule has 0 saturated carbocycles.